The fourth-order valence-electron chi connectivity index (χ4n) is 2.15. The number of halogens is 2. The summed E-state index contributed by atoms with van der Waals surface area (Å²) in [5, 5.41) is 0. The molecule has 0 aromatic heterocycles. The predicted molar refractivity (Wildman–Crippen MR) is 64.0 cm³/mol. The maximum absolute atomic E-state index is 13.9. The van der Waals surface area contributed by atoms with Gasteiger partial charge in [-0.15, -0.1) is 0 Å². The lowest BCUT2D eigenvalue weighted by molar-refractivity contribution is 0.0820. The molecule has 18 heavy (non-hydrogen) atoms. The normalized spacial score (nSPS) is 20.6. The molecule has 0 amide bonds. The van der Waals surface area contributed by atoms with E-state index in [4.69, 9.17) is 4.74 Å². The Morgan fingerprint density at radius 2 is 2.06 bits per heavy atom. The van der Waals surface area contributed by atoms with Crippen LogP contribution in [-0.4, -0.2) is 32.1 Å². The second-order valence-electron chi connectivity index (χ2n) is 4.43. The molecular formula is C13H15F2NO2. The maximum Gasteiger partial charge on any atom is 0.150 e. The van der Waals surface area contributed by atoms with Crippen LogP contribution in [0, 0.1) is 11.6 Å². The van der Waals surface area contributed by atoms with Crippen LogP contribution in [0.3, 0.4) is 0 Å². The first-order valence-corrected chi connectivity index (χ1v) is 5.92. The summed E-state index contributed by atoms with van der Waals surface area (Å²) in [7, 11) is 0. The van der Waals surface area contributed by atoms with Crippen molar-refractivity contribution in [3.05, 3.63) is 29.3 Å². The minimum atomic E-state index is -0.703. The van der Waals surface area contributed by atoms with Crippen LogP contribution in [0.4, 0.5) is 14.5 Å². The number of benzene rings is 1. The van der Waals surface area contributed by atoms with Crippen molar-refractivity contribution in [2.24, 2.45) is 0 Å². The van der Waals surface area contributed by atoms with Crippen LogP contribution < -0.4 is 4.90 Å². The largest absolute Gasteiger partial charge is 0.377 e. The Morgan fingerprint density at radius 3 is 2.67 bits per heavy atom. The summed E-state index contributed by atoms with van der Waals surface area (Å²) in [6.07, 6.45) is 1.08. The first-order chi connectivity index (χ1) is 8.61. The van der Waals surface area contributed by atoms with Gasteiger partial charge in [-0.05, 0) is 25.5 Å². The van der Waals surface area contributed by atoms with Crippen molar-refractivity contribution in [1.82, 2.24) is 0 Å². The van der Waals surface area contributed by atoms with Crippen LogP contribution in [0.5, 0.6) is 0 Å². The van der Waals surface area contributed by atoms with Gasteiger partial charge in [0.05, 0.1) is 6.10 Å². The van der Waals surface area contributed by atoms with Gasteiger partial charge in [-0.25, -0.2) is 8.78 Å². The van der Waals surface area contributed by atoms with Crippen LogP contribution in [0.25, 0.3) is 0 Å². The molecule has 1 aromatic carbocycles. The Morgan fingerprint density at radius 1 is 1.39 bits per heavy atom. The molecule has 0 bridgehead atoms. The van der Waals surface area contributed by atoms with Gasteiger partial charge in [0.15, 0.2) is 0 Å². The van der Waals surface area contributed by atoms with E-state index in [0.29, 0.717) is 26.0 Å². The summed E-state index contributed by atoms with van der Waals surface area (Å²) in [5.41, 5.74) is -0.0641. The second kappa shape index (κ2) is 5.44. The van der Waals surface area contributed by atoms with Gasteiger partial charge < -0.3 is 9.64 Å². The second-order valence-corrected chi connectivity index (χ2v) is 4.43. The van der Waals surface area contributed by atoms with Gasteiger partial charge >= 0.3 is 0 Å². The molecule has 1 unspecified atom stereocenters. The smallest absolute Gasteiger partial charge is 0.150 e. The van der Waals surface area contributed by atoms with Crippen molar-refractivity contribution in [3.8, 4) is 0 Å². The summed E-state index contributed by atoms with van der Waals surface area (Å²) >= 11 is 0. The molecule has 1 aliphatic rings. The topological polar surface area (TPSA) is 29.5 Å². The van der Waals surface area contributed by atoms with Crippen molar-refractivity contribution < 1.29 is 18.3 Å². The molecule has 2 rings (SSSR count). The number of anilines is 1. The standard InChI is InChI=1S/C13H15F2NO2/c1-9-7-16(3-2-4-18-9)13-11(14)5-10(8-17)6-12(13)15/h5-6,8-9H,2-4,7H2,1H3. The minimum absolute atomic E-state index is 0.00729. The summed E-state index contributed by atoms with van der Waals surface area (Å²) in [6.45, 7) is 3.44. The molecule has 0 N–H and O–H groups in total. The highest BCUT2D eigenvalue weighted by molar-refractivity contribution is 5.76. The molecule has 1 aliphatic heterocycles. The summed E-state index contributed by atoms with van der Waals surface area (Å²) in [5.74, 6) is -1.41. The molecule has 5 heteroatoms. The molecule has 1 saturated heterocycles. The van der Waals surface area contributed by atoms with Gasteiger partial charge in [0.25, 0.3) is 0 Å². The summed E-state index contributed by atoms with van der Waals surface area (Å²) in [6, 6.07) is 2.11. The lowest BCUT2D eigenvalue weighted by Crippen LogP contribution is -2.31. The Kier molecular flexibility index (Phi) is 3.91. The highest BCUT2D eigenvalue weighted by atomic mass is 19.1. The van der Waals surface area contributed by atoms with Crippen LogP contribution in [0.2, 0.25) is 0 Å². The van der Waals surface area contributed by atoms with E-state index < -0.39 is 11.6 Å². The van der Waals surface area contributed by atoms with E-state index in [1.807, 2.05) is 6.92 Å². The van der Waals surface area contributed by atoms with Gasteiger partial charge in [-0.1, -0.05) is 0 Å². The Labute approximate surface area is 104 Å². The first-order valence-electron chi connectivity index (χ1n) is 5.92. The lowest BCUT2D eigenvalue weighted by Gasteiger charge is -2.25. The van der Waals surface area contributed by atoms with E-state index in [1.165, 1.54) is 0 Å². The van der Waals surface area contributed by atoms with Gasteiger partial charge in [-0.2, -0.15) is 0 Å². The van der Waals surface area contributed by atoms with Gasteiger partial charge in [0, 0.05) is 25.3 Å². The molecule has 3 nitrogen and oxygen atoms in total. The molecule has 0 radical (unpaired) electrons. The Bertz CT molecular complexity index is 428. The van der Waals surface area contributed by atoms with E-state index in [2.05, 4.69) is 0 Å². The van der Waals surface area contributed by atoms with Crippen LogP contribution >= 0.6 is 0 Å². The minimum Gasteiger partial charge on any atom is -0.377 e. The maximum atomic E-state index is 13.9. The SMILES string of the molecule is CC1CN(c2c(F)cc(C=O)cc2F)CCCO1. The number of aldehydes is 1. The number of ether oxygens (including phenoxy) is 1. The number of hydrogen-bond acceptors (Lipinski definition) is 3. The van der Waals surface area contributed by atoms with Crippen molar-refractivity contribution in [3.63, 3.8) is 0 Å². The van der Waals surface area contributed by atoms with Crippen LogP contribution in [0.15, 0.2) is 12.1 Å². The number of carbonyl (C=O) groups excluding carboxylic acids is 1. The van der Waals surface area contributed by atoms with Crippen LogP contribution in [0.1, 0.15) is 23.7 Å². The van der Waals surface area contributed by atoms with Crippen molar-refractivity contribution in [1.29, 1.82) is 0 Å². The zero-order valence-electron chi connectivity index (χ0n) is 10.2. The first kappa shape index (κ1) is 13.0. The molecule has 0 saturated carbocycles. The van der Waals surface area contributed by atoms with Crippen LogP contribution in [-0.2, 0) is 4.74 Å². The van der Waals surface area contributed by atoms with Gasteiger partial charge in [0.2, 0.25) is 0 Å². The fraction of sp³-hybridized carbons (Fsp3) is 0.462. The number of rotatable bonds is 2. The van der Waals surface area contributed by atoms with Crippen molar-refractivity contribution in [2.75, 3.05) is 24.6 Å². The van der Waals surface area contributed by atoms with E-state index in [-0.39, 0.29) is 17.4 Å². The number of nitrogens with zero attached hydrogens (tertiary/aromatic N) is 1. The number of hydrogen-bond donors (Lipinski definition) is 0. The monoisotopic (exact) mass is 255 g/mol. The van der Waals surface area contributed by atoms with Gasteiger partial charge in [-0.3, -0.25) is 4.79 Å². The zero-order valence-corrected chi connectivity index (χ0v) is 10.2. The summed E-state index contributed by atoms with van der Waals surface area (Å²) < 4.78 is 33.2. The quantitative estimate of drug-likeness (QED) is 0.760. The third-order valence-electron chi connectivity index (χ3n) is 2.94. The average Bonchev–Trinajstić information content (AvgIpc) is 2.53. The average molecular weight is 255 g/mol. The molecular weight excluding hydrogens is 240 g/mol. The predicted octanol–water partition coefficient (Wildman–Crippen LogP) is 2.39. The Hall–Kier alpha value is -1.49. The molecule has 1 aromatic rings. The van der Waals surface area contributed by atoms with E-state index >= 15 is 0 Å². The van der Waals surface area contributed by atoms with Crippen molar-refractivity contribution in [2.45, 2.75) is 19.4 Å². The third kappa shape index (κ3) is 2.67. The Balaban J connectivity index is 2.34. The summed E-state index contributed by atoms with van der Waals surface area (Å²) in [4.78, 5) is 12.2. The highest BCUT2D eigenvalue weighted by Gasteiger charge is 2.22. The molecule has 1 heterocycles. The van der Waals surface area contributed by atoms with E-state index in [9.17, 15) is 13.6 Å². The molecule has 0 spiro atoms. The molecule has 0 aliphatic carbocycles. The van der Waals surface area contributed by atoms with Crippen molar-refractivity contribution >= 4 is 12.0 Å². The molecule has 1 fully saturated rings. The zero-order chi connectivity index (χ0) is 13.1. The highest BCUT2D eigenvalue weighted by Crippen LogP contribution is 2.26. The molecule has 1 atom stereocenters. The lowest BCUT2D eigenvalue weighted by atomic mass is 10.1. The molecule has 98 valence electrons. The van der Waals surface area contributed by atoms with E-state index in [0.717, 1.165) is 18.6 Å². The van der Waals surface area contributed by atoms with E-state index in [1.54, 1.807) is 4.90 Å². The number of carbonyl (C=O) groups is 1. The third-order valence-corrected chi connectivity index (χ3v) is 2.94. The van der Waals surface area contributed by atoms with Gasteiger partial charge in [0.1, 0.15) is 23.6 Å². The fourth-order valence-corrected chi connectivity index (χ4v) is 2.15.